The Balaban J connectivity index is 1.79. The van der Waals surface area contributed by atoms with Gasteiger partial charge >= 0.3 is 0 Å². The minimum Gasteiger partial charge on any atom is -0.394 e. The third-order valence-electron chi connectivity index (χ3n) is 3.94. The number of amides is 1. The Hall–Kier alpha value is -2.17. The van der Waals surface area contributed by atoms with Crippen LogP contribution in [-0.2, 0) is 4.74 Å². The quantitative estimate of drug-likeness (QED) is 0.945. The highest BCUT2D eigenvalue weighted by Crippen LogP contribution is 2.20. The Morgan fingerprint density at radius 3 is 2.45 bits per heavy atom. The van der Waals surface area contributed by atoms with Crippen LogP contribution in [0, 0.1) is 0 Å². The minimum absolute atomic E-state index is 0.0537. The molecule has 114 valence electrons. The lowest BCUT2D eigenvalue weighted by Gasteiger charge is -2.34. The van der Waals surface area contributed by atoms with E-state index >= 15 is 0 Å². The van der Waals surface area contributed by atoms with E-state index in [1.807, 2.05) is 54.6 Å². The normalized spacial score (nSPS) is 18.2. The predicted molar refractivity (Wildman–Crippen MR) is 84.6 cm³/mol. The molecule has 2 aromatic rings. The van der Waals surface area contributed by atoms with Crippen LogP contribution < -0.4 is 0 Å². The van der Waals surface area contributed by atoms with Crippen molar-refractivity contribution in [2.75, 3.05) is 26.4 Å². The summed E-state index contributed by atoms with van der Waals surface area (Å²) in [6.07, 6.45) is 0. The van der Waals surface area contributed by atoms with Crippen LogP contribution in [0.4, 0.5) is 0 Å². The van der Waals surface area contributed by atoms with Crippen LogP contribution in [0.2, 0.25) is 0 Å². The van der Waals surface area contributed by atoms with Gasteiger partial charge in [-0.3, -0.25) is 4.79 Å². The monoisotopic (exact) mass is 297 g/mol. The highest BCUT2D eigenvalue weighted by Gasteiger charge is 2.27. The molecule has 1 N–H and O–H groups in total. The first kappa shape index (κ1) is 14.8. The molecule has 1 aliphatic heterocycles. The van der Waals surface area contributed by atoms with E-state index in [9.17, 15) is 9.90 Å². The molecular weight excluding hydrogens is 278 g/mol. The molecule has 0 aliphatic carbocycles. The summed E-state index contributed by atoms with van der Waals surface area (Å²) in [5, 5.41) is 9.38. The first-order valence-corrected chi connectivity index (χ1v) is 7.44. The second kappa shape index (κ2) is 6.73. The Bertz CT molecular complexity index is 625. The molecule has 1 amide bonds. The van der Waals surface area contributed by atoms with Crippen LogP contribution in [0.3, 0.4) is 0 Å². The number of rotatable bonds is 3. The van der Waals surface area contributed by atoms with Gasteiger partial charge in [0.05, 0.1) is 25.9 Å². The Kier molecular flexibility index (Phi) is 4.51. The third-order valence-corrected chi connectivity index (χ3v) is 3.94. The van der Waals surface area contributed by atoms with Crippen LogP contribution in [0.25, 0.3) is 11.1 Å². The number of carbonyl (C=O) groups excluding carboxylic acids is 1. The van der Waals surface area contributed by atoms with Crippen LogP contribution in [0.15, 0.2) is 54.6 Å². The van der Waals surface area contributed by atoms with Crippen molar-refractivity contribution < 1.29 is 14.6 Å². The van der Waals surface area contributed by atoms with Crippen LogP contribution in [0.5, 0.6) is 0 Å². The third kappa shape index (κ3) is 3.03. The van der Waals surface area contributed by atoms with Gasteiger partial charge in [-0.05, 0) is 23.3 Å². The summed E-state index contributed by atoms with van der Waals surface area (Å²) in [5.74, 6) is -0.0537. The van der Waals surface area contributed by atoms with Crippen molar-refractivity contribution in [3.8, 4) is 11.1 Å². The largest absolute Gasteiger partial charge is 0.394 e. The number of benzene rings is 2. The second-order valence-electron chi connectivity index (χ2n) is 5.35. The van der Waals surface area contributed by atoms with E-state index in [4.69, 9.17) is 4.74 Å². The van der Waals surface area contributed by atoms with E-state index in [1.165, 1.54) is 0 Å². The zero-order chi connectivity index (χ0) is 15.4. The zero-order valence-corrected chi connectivity index (χ0v) is 12.3. The van der Waals surface area contributed by atoms with E-state index < -0.39 is 0 Å². The minimum atomic E-state index is -0.255. The van der Waals surface area contributed by atoms with Gasteiger partial charge in [0.25, 0.3) is 5.91 Å². The van der Waals surface area contributed by atoms with E-state index in [2.05, 4.69) is 0 Å². The molecule has 3 rings (SSSR count). The standard InChI is InChI=1S/C18H19NO3/c20-12-17-13-22-11-10-19(17)18(21)16-8-6-15(7-9-16)14-4-2-1-3-5-14/h1-9,17,20H,10-13H2. The fraction of sp³-hybridized carbons (Fsp3) is 0.278. The van der Waals surface area contributed by atoms with Crippen molar-refractivity contribution in [3.63, 3.8) is 0 Å². The molecule has 1 unspecified atom stereocenters. The van der Waals surface area contributed by atoms with Crippen molar-refractivity contribution >= 4 is 5.91 Å². The molecule has 22 heavy (non-hydrogen) atoms. The van der Waals surface area contributed by atoms with Gasteiger partial charge in [0.2, 0.25) is 0 Å². The van der Waals surface area contributed by atoms with Crippen LogP contribution >= 0.6 is 0 Å². The molecule has 0 bridgehead atoms. The molecule has 1 heterocycles. The van der Waals surface area contributed by atoms with Crippen molar-refractivity contribution in [2.45, 2.75) is 6.04 Å². The maximum atomic E-state index is 12.6. The molecule has 1 saturated heterocycles. The van der Waals surface area contributed by atoms with E-state index in [1.54, 1.807) is 4.90 Å². The number of aliphatic hydroxyl groups is 1. The molecular formula is C18H19NO3. The van der Waals surface area contributed by atoms with Crippen LogP contribution in [-0.4, -0.2) is 48.3 Å². The maximum Gasteiger partial charge on any atom is 0.254 e. The first-order chi connectivity index (χ1) is 10.8. The van der Waals surface area contributed by atoms with Crippen LogP contribution in [0.1, 0.15) is 10.4 Å². The maximum absolute atomic E-state index is 12.6. The van der Waals surface area contributed by atoms with Crippen molar-refractivity contribution in [1.82, 2.24) is 4.90 Å². The lowest BCUT2D eigenvalue weighted by atomic mass is 10.0. The summed E-state index contributed by atoms with van der Waals surface area (Å²) in [6.45, 7) is 1.35. The summed E-state index contributed by atoms with van der Waals surface area (Å²) in [5.41, 5.74) is 2.85. The number of hydrogen-bond acceptors (Lipinski definition) is 3. The Morgan fingerprint density at radius 2 is 1.77 bits per heavy atom. The molecule has 0 saturated carbocycles. The summed E-state index contributed by atoms with van der Waals surface area (Å²) in [7, 11) is 0. The van der Waals surface area contributed by atoms with Gasteiger partial charge in [-0.2, -0.15) is 0 Å². The highest BCUT2D eigenvalue weighted by molar-refractivity contribution is 5.95. The zero-order valence-electron chi connectivity index (χ0n) is 12.3. The second-order valence-corrected chi connectivity index (χ2v) is 5.35. The number of nitrogens with zero attached hydrogens (tertiary/aromatic N) is 1. The molecule has 2 aromatic carbocycles. The highest BCUT2D eigenvalue weighted by atomic mass is 16.5. The fourth-order valence-electron chi connectivity index (χ4n) is 2.68. The average Bonchev–Trinajstić information content (AvgIpc) is 2.62. The Morgan fingerprint density at radius 1 is 1.09 bits per heavy atom. The van der Waals surface area contributed by atoms with Crippen molar-refractivity contribution in [2.24, 2.45) is 0 Å². The van der Waals surface area contributed by atoms with Gasteiger partial charge in [0.15, 0.2) is 0 Å². The summed E-state index contributed by atoms with van der Waals surface area (Å²) in [6, 6.07) is 17.4. The topological polar surface area (TPSA) is 49.8 Å². The summed E-state index contributed by atoms with van der Waals surface area (Å²) >= 11 is 0. The van der Waals surface area contributed by atoms with Gasteiger partial charge in [0.1, 0.15) is 0 Å². The van der Waals surface area contributed by atoms with Crippen molar-refractivity contribution in [3.05, 3.63) is 60.2 Å². The van der Waals surface area contributed by atoms with Gasteiger partial charge in [0, 0.05) is 12.1 Å². The molecule has 0 spiro atoms. The SMILES string of the molecule is O=C(c1ccc(-c2ccccc2)cc1)N1CCOCC1CO. The Labute approximate surface area is 130 Å². The number of aliphatic hydroxyl groups excluding tert-OH is 1. The van der Waals surface area contributed by atoms with Gasteiger partial charge in [-0.25, -0.2) is 0 Å². The summed E-state index contributed by atoms with van der Waals surface area (Å²) in [4.78, 5) is 14.3. The number of hydrogen-bond donors (Lipinski definition) is 1. The molecule has 0 aromatic heterocycles. The molecule has 1 atom stereocenters. The fourth-order valence-corrected chi connectivity index (χ4v) is 2.68. The lowest BCUT2D eigenvalue weighted by Crippen LogP contribution is -2.50. The molecule has 4 nitrogen and oxygen atoms in total. The summed E-state index contributed by atoms with van der Waals surface area (Å²) < 4.78 is 5.31. The van der Waals surface area contributed by atoms with Crippen molar-refractivity contribution in [1.29, 1.82) is 0 Å². The lowest BCUT2D eigenvalue weighted by molar-refractivity contribution is -0.0183. The first-order valence-electron chi connectivity index (χ1n) is 7.44. The van der Waals surface area contributed by atoms with Gasteiger partial charge in [-0.1, -0.05) is 42.5 Å². The number of ether oxygens (including phenoxy) is 1. The van der Waals surface area contributed by atoms with Gasteiger partial charge < -0.3 is 14.7 Å². The molecule has 4 heteroatoms. The predicted octanol–water partition coefficient (Wildman–Crippen LogP) is 2.19. The molecule has 1 aliphatic rings. The number of morpholine rings is 1. The molecule has 0 radical (unpaired) electrons. The smallest absolute Gasteiger partial charge is 0.254 e. The van der Waals surface area contributed by atoms with E-state index in [0.717, 1.165) is 11.1 Å². The number of carbonyl (C=O) groups is 1. The van der Waals surface area contributed by atoms with Gasteiger partial charge in [-0.15, -0.1) is 0 Å². The average molecular weight is 297 g/mol. The van der Waals surface area contributed by atoms with E-state index in [-0.39, 0.29) is 18.6 Å². The van der Waals surface area contributed by atoms with E-state index in [0.29, 0.717) is 25.3 Å². The molecule has 1 fully saturated rings.